The number of benzene rings is 2. The number of amides is 1. The summed E-state index contributed by atoms with van der Waals surface area (Å²) in [5, 5.41) is 5.91. The SMILES string of the molecule is CCOC(=O)c1c(C)[nH]c(/C=C2\C(=O)Nc3ccc(-c4csc(-c5ccccc5)n4)cc32)c1C. The fourth-order valence-electron chi connectivity index (χ4n) is 4.18. The van der Waals surface area contributed by atoms with E-state index >= 15 is 0 Å². The first kappa shape index (κ1) is 21.9. The normalized spacial score (nSPS) is 13.7. The van der Waals surface area contributed by atoms with Crippen molar-refractivity contribution in [3.8, 4) is 21.8 Å². The highest BCUT2D eigenvalue weighted by atomic mass is 32.1. The number of rotatable bonds is 5. The van der Waals surface area contributed by atoms with E-state index in [1.54, 1.807) is 24.3 Å². The fraction of sp³-hybridized carbons (Fsp3) is 0.148. The number of aryl methyl sites for hydroxylation is 1. The topological polar surface area (TPSA) is 84.1 Å². The molecular weight excluding hydrogens is 446 g/mol. The minimum Gasteiger partial charge on any atom is -0.462 e. The van der Waals surface area contributed by atoms with E-state index in [-0.39, 0.29) is 11.9 Å². The molecule has 0 spiro atoms. The lowest BCUT2D eigenvalue weighted by Gasteiger charge is -2.03. The van der Waals surface area contributed by atoms with Crippen molar-refractivity contribution in [2.24, 2.45) is 0 Å². The first-order valence-electron chi connectivity index (χ1n) is 11.0. The van der Waals surface area contributed by atoms with Crippen LogP contribution in [-0.2, 0) is 9.53 Å². The van der Waals surface area contributed by atoms with Crippen LogP contribution in [0.25, 0.3) is 33.5 Å². The van der Waals surface area contributed by atoms with Crippen LogP contribution in [0, 0.1) is 13.8 Å². The molecule has 5 rings (SSSR count). The number of nitrogens with one attached hydrogen (secondary N) is 2. The molecule has 34 heavy (non-hydrogen) atoms. The smallest absolute Gasteiger partial charge is 0.340 e. The van der Waals surface area contributed by atoms with Crippen molar-refractivity contribution in [1.29, 1.82) is 0 Å². The lowest BCUT2D eigenvalue weighted by atomic mass is 10.0. The van der Waals surface area contributed by atoms with Crippen LogP contribution in [0.1, 0.15) is 39.8 Å². The van der Waals surface area contributed by atoms with Gasteiger partial charge in [-0.1, -0.05) is 36.4 Å². The molecular formula is C27H23N3O3S. The van der Waals surface area contributed by atoms with E-state index in [0.29, 0.717) is 29.1 Å². The third-order valence-electron chi connectivity index (χ3n) is 5.87. The number of carbonyl (C=O) groups is 2. The molecule has 1 aliphatic rings. The zero-order valence-corrected chi connectivity index (χ0v) is 19.9. The van der Waals surface area contributed by atoms with E-state index in [9.17, 15) is 9.59 Å². The molecule has 0 fully saturated rings. The Bertz CT molecular complexity index is 1450. The molecule has 7 heteroatoms. The van der Waals surface area contributed by atoms with Crippen molar-refractivity contribution in [2.75, 3.05) is 11.9 Å². The van der Waals surface area contributed by atoms with Crippen molar-refractivity contribution in [3.05, 3.63) is 82.0 Å². The molecule has 2 aromatic heterocycles. The molecule has 170 valence electrons. The van der Waals surface area contributed by atoms with Crippen molar-refractivity contribution >= 4 is 40.5 Å². The highest BCUT2D eigenvalue weighted by Gasteiger charge is 2.26. The van der Waals surface area contributed by atoms with Crippen LogP contribution in [0.2, 0.25) is 0 Å². The van der Waals surface area contributed by atoms with Gasteiger partial charge in [0.1, 0.15) is 5.01 Å². The standard InChI is InChI=1S/C27H23N3O3S/c1-4-33-27(32)24-15(2)22(28-16(24)3)13-20-19-12-18(10-11-21(19)29-25(20)31)23-14-34-26(30-23)17-8-6-5-7-9-17/h5-14,28H,4H2,1-3H3,(H,29,31)/b20-13-. The molecule has 0 aliphatic carbocycles. The van der Waals surface area contributed by atoms with Gasteiger partial charge >= 0.3 is 5.97 Å². The first-order valence-corrected chi connectivity index (χ1v) is 11.9. The summed E-state index contributed by atoms with van der Waals surface area (Å²) in [7, 11) is 0. The number of H-pyrrole nitrogens is 1. The summed E-state index contributed by atoms with van der Waals surface area (Å²) in [4.78, 5) is 33.2. The van der Waals surface area contributed by atoms with Gasteiger partial charge in [-0.3, -0.25) is 4.79 Å². The summed E-state index contributed by atoms with van der Waals surface area (Å²) in [6, 6.07) is 15.9. The molecule has 0 unspecified atom stereocenters. The van der Waals surface area contributed by atoms with Gasteiger partial charge in [-0.25, -0.2) is 9.78 Å². The Morgan fingerprint density at radius 1 is 1.12 bits per heavy atom. The maximum absolute atomic E-state index is 12.8. The number of hydrogen-bond donors (Lipinski definition) is 2. The molecule has 3 heterocycles. The van der Waals surface area contributed by atoms with Gasteiger partial charge in [-0.15, -0.1) is 11.3 Å². The van der Waals surface area contributed by atoms with E-state index in [2.05, 4.69) is 10.3 Å². The monoisotopic (exact) mass is 469 g/mol. The van der Waals surface area contributed by atoms with Gasteiger partial charge in [-0.05, 0) is 44.5 Å². The third-order valence-corrected chi connectivity index (χ3v) is 6.76. The Morgan fingerprint density at radius 2 is 1.91 bits per heavy atom. The number of aromatic amines is 1. The van der Waals surface area contributed by atoms with Crippen molar-refractivity contribution in [3.63, 3.8) is 0 Å². The van der Waals surface area contributed by atoms with Crippen LogP contribution < -0.4 is 5.32 Å². The van der Waals surface area contributed by atoms with Gasteiger partial charge in [0.2, 0.25) is 0 Å². The van der Waals surface area contributed by atoms with Crippen molar-refractivity contribution in [2.45, 2.75) is 20.8 Å². The van der Waals surface area contributed by atoms with E-state index in [1.807, 2.05) is 67.8 Å². The van der Waals surface area contributed by atoms with E-state index < -0.39 is 0 Å². The number of nitrogens with zero attached hydrogens (tertiary/aromatic N) is 1. The Hall–Kier alpha value is -3.97. The van der Waals surface area contributed by atoms with E-state index in [1.165, 1.54) is 0 Å². The van der Waals surface area contributed by atoms with Crippen LogP contribution in [0.3, 0.4) is 0 Å². The Labute approximate surface area is 201 Å². The van der Waals surface area contributed by atoms with Crippen LogP contribution in [0.15, 0.2) is 53.9 Å². The number of thiazole rings is 1. The molecule has 4 aromatic rings. The number of hydrogen-bond acceptors (Lipinski definition) is 5. The van der Waals surface area contributed by atoms with Gasteiger partial charge in [-0.2, -0.15) is 0 Å². The third kappa shape index (κ3) is 3.84. The van der Waals surface area contributed by atoms with Crippen LogP contribution in [-0.4, -0.2) is 28.5 Å². The Morgan fingerprint density at radius 3 is 2.68 bits per heavy atom. The molecule has 6 nitrogen and oxygen atoms in total. The molecule has 2 N–H and O–H groups in total. The van der Waals surface area contributed by atoms with Gasteiger partial charge in [0.05, 0.1) is 23.4 Å². The second-order valence-electron chi connectivity index (χ2n) is 8.06. The molecule has 1 amide bonds. The van der Waals surface area contributed by atoms with Gasteiger partial charge < -0.3 is 15.0 Å². The molecule has 0 atom stereocenters. The Kier molecular flexibility index (Phi) is 5.63. The van der Waals surface area contributed by atoms with Gasteiger partial charge in [0.15, 0.2) is 0 Å². The predicted molar refractivity (Wildman–Crippen MR) is 136 cm³/mol. The highest BCUT2D eigenvalue weighted by molar-refractivity contribution is 7.13. The summed E-state index contributed by atoms with van der Waals surface area (Å²) in [6.07, 6.45) is 1.80. The molecule has 0 bridgehead atoms. The number of carbonyl (C=O) groups excluding carboxylic acids is 2. The van der Waals surface area contributed by atoms with Gasteiger partial charge in [0.25, 0.3) is 5.91 Å². The number of fused-ring (bicyclic) bond motifs is 1. The number of aromatic nitrogens is 2. The number of anilines is 1. The lowest BCUT2D eigenvalue weighted by Crippen LogP contribution is -2.06. The summed E-state index contributed by atoms with van der Waals surface area (Å²) in [5.41, 5.74) is 7.67. The van der Waals surface area contributed by atoms with Crippen LogP contribution >= 0.6 is 11.3 Å². The van der Waals surface area contributed by atoms with Crippen LogP contribution in [0.4, 0.5) is 5.69 Å². The molecule has 0 saturated heterocycles. The summed E-state index contributed by atoms with van der Waals surface area (Å²) in [6.45, 7) is 5.77. The largest absolute Gasteiger partial charge is 0.462 e. The summed E-state index contributed by atoms with van der Waals surface area (Å²) >= 11 is 1.59. The minimum atomic E-state index is -0.366. The second-order valence-corrected chi connectivity index (χ2v) is 8.92. The Balaban J connectivity index is 1.52. The zero-order valence-electron chi connectivity index (χ0n) is 19.1. The van der Waals surface area contributed by atoms with Crippen LogP contribution in [0.5, 0.6) is 0 Å². The summed E-state index contributed by atoms with van der Waals surface area (Å²) in [5.74, 6) is -0.547. The summed E-state index contributed by atoms with van der Waals surface area (Å²) < 4.78 is 5.18. The average Bonchev–Trinajstić information content (AvgIpc) is 3.51. The molecule has 1 aliphatic heterocycles. The quantitative estimate of drug-likeness (QED) is 0.274. The highest BCUT2D eigenvalue weighted by Crippen LogP contribution is 2.38. The fourth-order valence-corrected chi connectivity index (χ4v) is 5.02. The molecule has 2 aromatic carbocycles. The van der Waals surface area contributed by atoms with Crippen molar-refractivity contribution < 1.29 is 14.3 Å². The minimum absolute atomic E-state index is 0.181. The number of esters is 1. The van der Waals surface area contributed by atoms with E-state index in [4.69, 9.17) is 9.72 Å². The van der Waals surface area contributed by atoms with Crippen molar-refractivity contribution in [1.82, 2.24) is 9.97 Å². The zero-order chi connectivity index (χ0) is 23.8. The molecule has 0 radical (unpaired) electrons. The maximum Gasteiger partial charge on any atom is 0.340 e. The van der Waals surface area contributed by atoms with Gasteiger partial charge in [0, 0.05) is 39.1 Å². The molecule has 0 saturated carbocycles. The lowest BCUT2D eigenvalue weighted by molar-refractivity contribution is -0.110. The predicted octanol–water partition coefficient (Wildman–Crippen LogP) is 6.09. The maximum atomic E-state index is 12.8. The first-order chi connectivity index (χ1) is 16.5. The van der Waals surface area contributed by atoms with E-state index in [0.717, 1.165) is 38.6 Å². The number of ether oxygens (including phenoxy) is 1. The second kappa shape index (κ2) is 8.76. The average molecular weight is 470 g/mol.